The lowest BCUT2D eigenvalue weighted by atomic mass is 10.1. The Hall–Kier alpha value is -0.900. The van der Waals surface area contributed by atoms with Gasteiger partial charge in [-0.15, -0.1) is 0 Å². The molecule has 4 nitrogen and oxygen atoms in total. The lowest BCUT2D eigenvalue weighted by Crippen LogP contribution is -2.44. The predicted molar refractivity (Wildman–Crippen MR) is 51.2 cm³/mol. The molecule has 0 saturated carbocycles. The molecular weight excluding hydrogens is 168 g/mol. The molecule has 3 N–H and O–H groups in total. The van der Waals surface area contributed by atoms with Crippen molar-refractivity contribution in [3.63, 3.8) is 0 Å². The zero-order valence-electron chi connectivity index (χ0n) is 8.46. The first-order valence-corrected chi connectivity index (χ1v) is 4.36. The number of primary amides is 1. The summed E-state index contributed by atoms with van der Waals surface area (Å²) in [5.74, 6) is -0.373. The van der Waals surface area contributed by atoms with E-state index in [4.69, 9.17) is 5.73 Å². The van der Waals surface area contributed by atoms with Gasteiger partial charge in [0.1, 0.15) is 6.29 Å². The van der Waals surface area contributed by atoms with Gasteiger partial charge in [0.05, 0.1) is 6.04 Å². The Balaban J connectivity index is 3.90. The van der Waals surface area contributed by atoms with Gasteiger partial charge in [0.2, 0.25) is 5.91 Å². The molecule has 0 fully saturated rings. The fourth-order valence-corrected chi connectivity index (χ4v) is 1.03. The Kier molecular flexibility index (Phi) is 4.62. The third-order valence-electron chi connectivity index (χ3n) is 1.48. The van der Waals surface area contributed by atoms with E-state index in [1.165, 1.54) is 0 Å². The second-order valence-electron chi connectivity index (χ2n) is 4.14. The van der Waals surface area contributed by atoms with E-state index >= 15 is 0 Å². The van der Waals surface area contributed by atoms with Crippen LogP contribution in [-0.2, 0) is 9.59 Å². The van der Waals surface area contributed by atoms with Gasteiger partial charge in [-0.05, 0) is 27.2 Å². The number of amides is 1. The topological polar surface area (TPSA) is 72.2 Å². The molecule has 0 bridgehead atoms. The third-order valence-corrected chi connectivity index (χ3v) is 1.48. The van der Waals surface area contributed by atoms with Crippen LogP contribution in [-0.4, -0.2) is 23.8 Å². The molecule has 13 heavy (non-hydrogen) atoms. The molecule has 0 unspecified atom stereocenters. The van der Waals surface area contributed by atoms with Gasteiger partial charge < -0.3 is 15.8 Å². The standard InChI is InChI=1S/C9H18N2O2/c1-9(2,3)11-7(6-12)4-5-8(10)13/h6-7,11H,4-5H2,1-3H3,(H2,10,13)/t7-/m0/s1. The maximum absolute atomic E-state index is 10.6. The normalized spacial score (nSPS) is 13.8. The summed E-state index contributed by atoms with van der Waals surface area (Å²) < 4.78 is 0. The molecular formula is C9H18N2O2. The van der Waals surface area contributed by atoms with E-state index in [0.717, 1.165) is 6.29 Å². The zero-order valence-corrected chi connectivity index (χ0v) is 8.46. The van der Waals surface area contributed by atoms with Crippen LogP contribution in [0.4, 0.5) is 0 Å². The fraction of sp³-hybridized carbons (Fsp3) is 0.778. The number of nitrogens with two attached hydrogens (primary N) is 1. The van der Waals surface area contributed by atoms with E-state index in [0.29, 0.717) is 6.42 Å². The fourth-order valence-electron chi connectivity index (χ4n) is 1.03. The van der Waals surface area contributed by atoms with Crippen LogP contribution in [0, 0.1) is 0 Å². The molecule has 0 saturated heterocycles. The Morgan fingerprint density at radius 1 is 1.54 bits per heavy atom. The molecule has 76 valence electrons. The van der Waals surface area contributed by atoms with Gasteiger partial charge in [0.25, 0.3) is 0 Å². The van der Waals surface area contributed by atoms with Gasteiger partial charge in [0.15, 0.2) is 0 Å². The SMILES string of the molecule is CC(C)(C)N[C@H](C=O)CCC(N)=O. The summed E-state index contributed by atoms with van der Waals surface area (Å²) in [5, 5.41) is 3.09. The van der Waals surface area contributed by atoms with Gasteiger partial charge in [0, 0.05) is 12.0 Å². The van der Waals surface area contributed by atoms with E-state index < -0.39 is 0 Å². The van der Waals surface area contributed by atoms with Crippen molar-refractivity contribution in [1.29, 1.82) is 0 Å². The van der Waals surface area contributed by atoms with E-state index in [1.54, 1.807) is 0 Å². The highest BCUT2D eigenvalue weighted by Crippen LogP contribution is 2.03. The third kappa shape index (κ3) is 7.46. The first-order chi connectivity index (χ1) is 5.85. The van der Waals surface area contributed by atoms with Crippen molar-refractivity contribution in [1.82, 2.24) is 5.32 Å². The number of nitrogens with one attached hydrogen (secondary N) is 1. The van der Waals surface area contributed by atoms with Crippen LogP contribution in [0.2, 0.25) is 0 Å². The molecule has 4 heteroatoms. The minimum absolute atomic E-state index is 0.122. The summed E-state index contributed by atoms with van der Waals surface area (Å²) in [4.78, 5) is 21.0. The van der Waals surface area contributed by atoms with Crippen LogP contribution < -0.4 is 11.1 Å². The molecule has 0 aromatic rings. The molecule has 1 atom stereocenters. The lowest BCUT2D eigenvalue weighted by molar-refractivity contribution is -0.118. The molecule has 0 heterocycles. The smallest absolute Gasteiger partial charge is 0.217 e. The van der Waals surface area contributed by atoms with Crippen molar-refractivity contribution in [3.8, 4) is 0 Å². The largest absolute Gasteiger partial charge is 0.370 e. The van der Waals surface area contributed by atoms with E-state index in [9.17, 15) is 9.59 Å². The van der Waals surface area contributed by atoms with Crippen molar-refractivity contribution in [3.05, 3.63) is 0 Å². The van der Waals surface area contributed by atoms with Crippen LogP contribution >= 0.6 is 0 Å². The van der Waals surface area contributed by atoms with Crippen LogP contribution in [0.1, 0.15) is 33.6 Å². The molecule has 0 aliphatic carbocycles. The van der Waals surface area contributed by atoms with Gasteiger partial charge in [-0.3, -0.25) is 4.79 Å². The summed E-state index contributed by atoms with van der Waals surface area (Å²) in [7, 11) is 0. The summed E-state index contributed by atoms with van der Waals surface area (Å²) in [6.07, 6.45) is 1.52. The summed E-state index contributed by atoms with van der Waals surface area (Å²) >= 11 is 0. The average Bonchev–Trinajstić information content (AvgIpc) is 1.95. The minimum Gasteiger partial charge on any atom is -0.370 e. The van der Waals surface area contributed by atoms with Gasteiger partial charge in [-0.2, -0.15) is 0 Å². The van der Waals surface area contributed by atoms with E-state index in [-0.39, 0.29) is 23.9 Å². The molecule has 0 aliphatic heterocycles. The molecule has 0 spiro atoms. The molecule has 1 amide bonds. The summed E-state index contributed by atoms with van der Waals surface area (Å²) in [5.41, 5.74) is 4.85. The highest BCUT2D eigenvalue weighted by molar-refractivity contribution is 5.74. The van der Waals surface area contributed by atoms with Crippen LogP contribution in [0.3, 0.4) is 0 Å². The Bertz CT molecular complexity index is 185. The first kappa shape index (κ1) is 12.1. The Morgan fingerprint density at radius 3 is 2.38 bits per heavy atom. The van der Waals surface area contributed by atoms with Crippen molar-refractivity contribution in [2.75, 3.05) is 0 Å². The van der Waals surface area contributed by atoms with Crippen LogP contribution in [0.5, 0.6) is 0 Å². The van der Waals surface area contributed by atoms with Crippen molar-refractivity contribution in [2.45, 2.75) is 45.2 Å². The summed E-state index contributed by atoms with van der Waals surface area (Å²) in [6.45, 7) is 5.90. The molecule has 0 aromatic carbocycles. The van der Waals surface area contributed by atoms with Crippen molar-refractivity contribution >= 4 is 12.2 Å². The Labute approximate surface area is 78.9 Å². The van der Waals surface area contributed by atoms with Crippen LogP contribution in [0.15, 0.2) is 0 Å². The number of hydrogen-bond acceptors (Lipinski definition) is 3. The van der Waals surface area contributed by atoms with Crippen molar-refractivity contribution in [2.24, 2.45) is 5.73 Å². The van der Waals surface area contributed by atoms with Gasteiger partial charge >= 0.3 is 0 Å². The second kappa shape index (κ2) is 4.97. The highest BCUT2D eigenvalue weighted by Gasteiger charge is 2.16. The quantitative estimate of drug-likeness (QED) is 0.603. The van der Waals surface area contributed by atoms with E-state index in [2.05, 4.69) is 5.32 Å². The molecule has 0 aliphatic rings. The predicted octanol–water partition coefficient (Wildman–Crippen LogP) is 0.208. The minimum atomic E-state index is -0.373. The monoisotopic (exact) mass is 186 g/mol. The summed E-state index contributed by atoms with van der Waals surface area (Å²) in [6, 6.07) is -0.285. The molecule has 0 aromatic heterocycles. The van der Waals surface area contributed by atoms with Gasteiger partial charge in [-0.1, -0.05) is 0 Å². The lowest BCUT2D eigenvalue weighted by Gasteiger charge is -2.24. The maximum Gasteiger partial charge on any atom is 0.217 e. The van der Waals surface area contributed by atoms with Gasteiger partial charge in [-0.25, -0.2) is 0 Å². The second-order valence-corrected chi connectivity index (χ2v) is 4.14. The Morgan fingerprint density at radius 2 is 2.08 bits per heavy atom. The number of hydrogen-bond donors (Lipinski definition) is 2. The number of aldehydes is 1. The first-order valence-electron chi connectivity index (χ1n) is 4.36. The highest BCUT2D eigenvalue weighted by atomic mass is 16.1. The molecule has 0 radical (unpaired) electrons. The maximum atomic E-state index is 10.6. The van der Waals surface area contributed by atoms with Crippen LogP contribution in [0.25, 0.3) is 0 Å². The van der Waals surface area contributed by atoms with E-state index in [1.807, 2.05) is 20.8 Å². The number of rotatable bonds is 5. The van der Waals surface area contributed by atoms with Crippen molar-refractivity contribution < 1.29 is 9.59 Å². The molecule has 0 rings (SSSR count). The number of carbonyl (C=O) groups is 2. The number of carbonyl (C=O) groups excluding carboxylic acids is 2. The average molecular weight is 186 g/mol. The zero-order chi connectivity index (χ0) is 10.5.